The smallest absolute Gasteiger partial charge is 0.122 e. The Balaban J connectivity index is 2.53. The highest BCUT2D eigenvalue weighted by Gasteiger charge is 2.00. The van der Waals surface area contributed by atoms with Gasteiger partial charge in [0.05, 0.1) is 7.11 Å². The van der Waals surface area contributed by atoms with Crippen LogP contribution < -0.4 is 4.74 Å². The van der Waals surface area contributed by atoms with Crippen molar-refractivity contribution in [2.24, 2.45) is 0 Å². The maximum atomic E-state index is 5.28. The molecule has 0 bridgehead atoms. The zero-order chi connectivity index (χ0) is 10.4. The fraction of sp³-hybridized carbons (Fsp3) is 0.385. The molecule has 76 valence electrons. The average Bonchev–Trinajstić information content (AvgIpc) is 2.18. The SMILES string of the molecule is C=C(C)CCCc1ccccc1OC. The molecule has 0 aliphatic heterocycles. The van der Waals surface area contributed by atoms with E-state index in [2.05, 4.69) is 25.6 Å². The molecule has 0 aliphatic rings. The molecule has 0 heterocycles. The van der Waals surface area contributed by atoms with Gasteiger partial charge in [-0.05, 0) is 37.8 Å². The van der Waals surface area contributed by atoms with Crippen LogP contribution in [0.3, 0.4) is 0 Å². The van der Waals surface area contributed by atoms with Gasteiger partial charge in [-0.25, -0.2) is 0 Å². The number of benzene rings is 1. The van der Waals surface area contributed by atoms with E-state index in [9.17, 15) is 0 Å². The first-order valence-electron chi connectivity index (χ1n) is 5.00. The molecule has 0 N–H and O–H groups in total. The maximum Gasteiger partial charge on any atom is 0.122 e. The van der Waals surface area contributed by atoms with Crippen LogP contribution in [-0.4, -0.2) is 7.11 Å². The van der Waals surface area contributed by atoms with Crippen molar-refractivity contribution < 1.29 is 4.74 Å². The van der Waals surface area contributed by atoms with Gasteiger partial charge in [0.15, 0.2) is 0 Å². The van der Waals surface area contributed by atoms with Crippen LogP contribution in [-0.2, 0) is 6.42 Å². The van der Waals surface area contributed by atoms with Crippen molar-refractivity contribution in [3.05, 3.63) is 42.0 Å². The summed E-state index contributed by atoms with van der Waals surface area (Å²) in [4.78, 5) is 0. The molecule has 0 fully saturated rings. The van der Waals surface area contributed by atoms with Crippen LogP contribution >= 0.6 is 0 Å². The molecule has 1 nitrogen and oxygen atoms in total. The molecular formula is C13H18O. The van der Waals surface area contributed by atoms with E-state index in [4.69, 9.17) is 4.74 Å². The third-order valence-electron chi connectivity index (χ3n) is 2.24. The highest BCUT2D eigenvalue weighted by atomic mass is 16.5. The third-order valence-corrected chi connectivity index (χ3v) is 2.24. The van der Waals surface area contributed by atoms with Crippen molar-refractivity contribution in [3.63, 3.8) is 0 Å². The topological polar surface area (TPSA) is 9.23 Å². The van der Waals surface area contributed by atoms with Gasteiger partial charge in [0, 0.05) is 0 Å². The van der Waals surface area contributed by atoms with Gasteiger partial charge in [-0.3, -0.25) is 0 Å². The second-order valence-corrected chi connectivity index (χ2v) is 3.62. The number of para-hydroxylation sites is 1. The predicted molar refractivity (Wildman–Crippen MR) is 60.7 cm³/mol. The van der Waals surface area contributed by atoms with E-state index >= 15 is 0 Å². The average molecular weight is 190 g/mol. The number of allylic oxidation sites excluding steroid dienone is 1. The highest BCUT2D eigenvalue weighted by molar-refractivity contribution is 5.33. The zero-order valence-electron chi connectivity index (χ0n) is 9.05. The fourth-order valence-electron chi connectivity index (χ4n) is 1.49. The van der Waals surface area contributed by atoms with Crippen LogP contribution in [0.1, 0.15) is 25.3 Å². The van der Waals surface area contributed by atoms with Crippen LogP contribution in [0.15, 0.2) is 36.4 Å². The summed E-state index contributed by atoms with van der Waals surface area (Å²) >= 11 is 0. The second-order valence-electron chi connectivity index (χ2n) is 3.62. The van der Waals surface area contributed by atoms with Crippen LogP contribution in [0.5, 0.6) is 5.75 Å². The lowest BCUT2D eigenvalue weighted by Gasteiger charge is -2.07. The van der Waals surface area contributed by atoms with Gasteiger partial charge >= 0.3 is 0 Å². The van der Waals surface area contributed by atoms with Gasteiger partial charge < -0.3 is 4.74 Å². The standard InChI is InChI=1S/C13H18O/c1-11(2)7-6-9-12-8-4-5-10-13(12)14-3/h4-5,8,10H,1,6-7,9H2,2-3H3. The van der Waals surface area contributed by atoms with Crippen molar-refractivity contribution in [2.75, 3.05) is 7.11 Å². The molecular weight excluding hydrogens is 172 g/mol. The number of hydrogen-bond acceptors (Lipinski definition) is 1. The minimum atomic E-state index is 0.995. The summed E-state index contributed by atoms with van der Waals surface area (Å²) in [5.41, 5.74) is 2.54. The first-order valence-corrected chi connectivity index (χ1v) is 5.00. The molecule has 0 aromatic heterocycles. The first-order chi connectivity index (χ1) is 6.74. The molecule has 0 saturated carbocycles. The molecule has 0 unspecified atom stereocenters. The van der Waals surface area contributed by atoms with E-state index in [-0.39, 0.29) is 0 Å². The minimum absolute atomic E-state index is 0.995. The summed E-state index contributed by atoms with van der Waals surface area (Å²) in [6, 6.07) is 8.19. The van der Waals surface area contributed by atoms with Gasteiger partial charge in [-0.1, -0.05) is 23.8 Å². The van der Waals surface area contributed by atoms with E-state index < -0.39 is 0 Å². The molecule has 0 amide bonds. The molecule has 0 radical (unpaired) electrons. The van der Waals surface area contributed by atoms with E-state index in [1.807, 2.05) is 12.1 Å². The Hall–Kier alpha value is -1.24. The molecule has 14 heavy (non-hydrogen) atoms. The van der Waals surface area contributed by atoms with Gasteiger partial charge in [0.25, 0.3) is 0 Å². The molecule has 0 saturated heterocycles. The van der Waals surface area contributed by atoms with Gasteiger partial charge in [0.1, 0.15) is 5.75 Å². The van der Waals surface area contributed by atoms with Crippen LogP contribution in [0, 0.1) is 0 Å². The second kappa shape index (κ2) is 5.48. The molecule has 1 rings (SSSR count). The summed E-state index contributed by atoms with van der Waals surface area (Å²) in [5.74, 6) is 0.995. The van der Waals surface area contributed by atoms with E-state index in [0.29, 0.717) is 0 Å². The van der Waals surface area contributed by atoms with Crippen molar-refractivity contribution >= 4 is 0 Å². The Morgan fingerprint density at radius 1 is 1.36 bits per heavy atom. The molecule has 0 aliphatic carbocycles. The molecule has 0 spiro atoms. The van der Waals surface area contributed by atoms with Gasteiger partial charge in [-0.2, -0.15) is 0 Å². The Kier molecular flexibility index (Phi) is 4.24. The number of hydrogen-bond donors (Lipinski definition) is 0. The summed E-state index contributed by atoms with van der Waals surface area (Å²) < 4.78 is 5.28. The number of rotatable bonds is 5. The quantitative estimate of drug-likeness (QED) is 0.645. The van der Waals surface area contributed by atoms with Crippen molar-refractivity contribution in [3.8, 4) is 5.75 Å². The lowest BCUT2D eigenvalue weighted by Crippen LogP contribution is -1.92. The van der Waals surface area contributed by atoms with Crippen LogP contribution in [0.4, 0.5) is 0 Å². The molecule has 1 aromatic carbocycles. The number of aryl methyl sites for hydroxylation is 1. The minimum Gasteiger partial charge on any atom is -0.496 e. The summed E-state index contributed by atoms with van der Waals surface area (Å²) in [6.07, 6.45) is 3.31. The normalized spacial score (nSPS) is 9.86. The van der Waals surface area contributed by atoms with Crippen LogP contribution in [0.2, 0.25) is 0 Å². The van der Waals surface area contributed by atoms with E-state index in [1.165, 1.54) is 11.1 Å². The third kappa shape index (κ3) is 3.25. The Bertz CT molecular complexity index is 302. The Morgan fingerprint density at radius 2 is 2.07 bits per heavy atom. The van der Waals surface area contributed by atoms with Crippen molar-refractivity contribution in [1.82, 2.24) is 0 Å². The summed E-state index contributed by atoms with van der Waals surface area (Å²) in [7, 11) is 1.72. The number of ether oxygens (including phenoxy) is 1. The molecule has 1 aromatic rings. The highest BCUT2D eigenvalue weighted by Crippen LogP contribution is 2.19. The molecule has 0 atom stereocenters. The summed E-state index contributed by atoms with van der Waals surface area (Å²) in [6.45, 7) is 5.97. The molecule has 1 heteroatoms. The summed E-state index contributed by atoms with van der Waals surface area (Å²) in [5, 5.41) is 0. The predicted octanol–water partition coefficient (Wildman–Crippen LogP) is 3.59. The monoisotopic (exact) mass is 190 g/mol. The Labute approximate surface area is 86.4 Å². The first kappa shape index (κ1) is 10.8. The largest absolute Gasteiger partial charge is 0.496 e. The maximum absolute atomic E-state index is 5.28. The zero-order valence-corrected chi connectivity index (χ0v) is 9.05. The van der Waals surface area contributed by atoms with Crippen molar-refractivity contribution in [1.29, 1.82) is 0 Å². The van der Waals surface area contributed by atoms with E-state index in [1.54, 1.807) is 7.11 Å². The van der Waals surface area contributed by atoms with Gasteiger partial charge in [0.2, 0.25) is 0 Å². The van der Waals surface area contributed by atoms with Crippen molar-refractivity contribution in [2.45, 2.75) is 26.2 Å². The fourth-order valence-corrected chi connectivity index (χ4v) is 1.49. The van der Waals surface area contributed by atoms with E-state index in [0.717, 1.165) is 25.0 Å². The van der Waals surface area contributed by atoms with Crippen LogP contribution in [0.25, 0.3) is 0 Å². The lowest BCUT2D eigenvalue weighted by atomic mass is 10.1. The van der Waals surface area contributed by atoms with Gasteiger partial charge in [-0.15, -0.1) is 6.58 Å². The number of methoxy groups -OCH3 is 1. The Morgan fingerprint density at radius 3 is 2.71 bits per heavy atom. The lowest BCUT2D eigenvalue weighted by molar-refractivity contribution is 0.409.